The molecule has 0 atom stereocenters. The Balaban J connectivity index is 2.42. The molecule has 0 saturated carbocycles. The van der Waals surface area contributed by atoms with Crippen LogP contribution >= 0.6 is 0 Å². The number of hydrogen-bond donors (Lipinski definition) is 1. The minimum atomic E-state index is -0.646. The quantitative estimate of drug-likeness (QED) is 0.768. The average Bonchev–Trinajstić information content (AvgIpc) is 2.26. The summed E-state index contributed by atoms with van der Waals surface area (Å²) in [6, 6.07) is 8.53. The lowest BCUT2D eigenvalue weighted by molar-refractivity contribution is -0.119. The van der Waals surface area contributed by atoms with Crippen LogP contribution in [0.15, 0.2) is 39.5 Å². The van der Waals surface area contributed by atoms with Crippen LogP contribution in [-0.2, 0) is 4.79 Å². The number of primary amides is 1. The van der Waals surface area contributed by atoms with Gasteiger partial charge in [-0.25, -0.2) is 4.79 Å². The van der Waals surface area contributed by atoms with Gasteiger partial charge in [-0.05, 0) is 12.1 Å². The monoisotopic (exact) mass is 219 g/mol. The Hall–Kier alpha value is -2.30. The van der Waals surface area contributed by atoms with Crippen LogP contribution in [0, 0.1) is 0 Å². The van der Waals surface area contributed by atoms with E-state index < -0.39 is 11.5 Å². The van der Waals surface area contributed by atoms with E-state index in [1.807, 2.05) is 0 Å². The Bertz CT molecular complexity index is 588. The summed E-state index contributed by atoms with van der Waals surface area (Å²) in [5, 5.41) is 0.724. The molecule has 1 aromatic carbocycles. The summed E-state index contributed by atoms with van der Waals surface area (Å²) in [5.41, 5.74) is 4.75. The Kier molecular flexibility index (Phi) is 2.59. The summed E-state index contributed by atoms with van der Waals surface area (Å²) < 4.78 is 9.92. The summed E-state index contributed by atoms with van der Waals surface area (Å²) in [5.74, 6) is -0.662. The van der Waals surface area contributed by atoms with E-state index in [4.69, 9.17) is 14.9 Å². The van der Waals surface area contributed by atoms with Gasteiger partial charge in [0, 0.05) is 5.39 Å². The Morgan fingerprint density at radius 3 is 2.88 bits per heavy atom. The van der Waals surface area contributed by atoms with E-state index in [1.54, 1.807) is 24.3 Å². The standard InChI is InChI=1S/C11H9NO4/c12-10(13)6-15-9-5-7-3-1-2-4-8(7)16-11(9)14/h1-5H,6H2,(H2,12,13). The zero-order valence-corrected chi connectivity index (χ0v) is 8.30. The predicted octanol–water partition coefficient (Wildman–Crippen LogP) is 0.657. The van der Waals surface area contributed by atoms with Crippen molar-refractivity contribution in [3.05, 3.63) is 40.8 Å². The predicted molar refractivity (Wildman–Crippen MR) is 57.2 cm³/mol. The average molecular weight is 219 g/mol. The molecule has 0 fully saturated rings. The number of amides is 1. The molecule has 1 amide bonds. The SMILES string of the molecule is NC(=O)COc1cc2ccccc2oc1=O. The fourth-order valence-electron chi connectivity index (χ4n) is 1.29. The van der Waals surface area contributed by atoms with Crippen molar-refractivity contribution in [1.29, 1.82) is 0 Å². The highest BCUT2D eigenvalue weighted by Crippen LogP contribution is 2.16. The molecule has 82 valence electrons. The van der Waals surface area contributed by atoms with Gasteiger partial charge >= 0.3 is 5.63 Å². The minimum absolute atomic E-state index is 0.0162. The molecule has 5 nitrogen and oxygen atoms in total. The van der Waals surface area contributed by atoms with Gasteiger partial charge in [-0.3, -0.25) is 4.79 Å². The van der Waals surface area contributed by atoms with E-state index in [-0.39, 0.29) is 12.4 Å². The number of nitrogens with two attached hydrogens (primary N) is 1. The number of para-hydroxylation sites is 1. The Morgan fingerprint density at radius 2 is 2.12 bits per heavy atom. The van der Waals surface area contributed by atoms with E-state index in [1.165, 1.54) is 6.07 Å². The van der Waals surface area contributed by atoms with Gasteiger partial charge < -0.3 is 14.9 Å². The highest BCUT2D eigenvalue weighted by Gasteiger charge is 2.06. The van der Waals surface area contributed by atoms with E-state index in [0.29, 0.717) is 5.58 Å². The van der Waals surface area contributed by atoms with Crippen molar-refractivity contribution in [2.24, 2.45) is 5.73 Å². The molecule has 0 aliphatic rings. The number of rotatable bonds is 3. The third-order valence-corrected chi connectivity index (χ3v) is 1.98. The van der Waals surface area contributed by atoms with Crippen LogP contribution in [0.5, 0.6) is 5.75 Å². The second kappa shape index (κ2) is 4.06. The lowest BCUT2D eigenvalue weighted by Crippen LogP contribution is -2.22. The number of ether oxygens (including phenoxy) is 1. The molecule has 0 aliphatic heterocycles. The zero-order valence-electron chi connectivity index (χ0n) is 8.30. The molecule has 0 spiro atoms. The molecular formula is C11H9NO4. The van der Waals surface area contributed by atoms with Gasteiger partial charge in [-0.1, -0.05) is 18.2 Å². The molecular weight excluding hydrogens is 210 g/mol. The summed E-state index contributed by atoms with van der Waals surface area (Å²) in [6.45, 7) is -0.344. The van der Waals surface area contributed by atoms with Crippen molar-refractivity contribution in [2.45, 2.75) is 0 Å². The molecule has 2 aromatic rings. The summed E-state index contributed by atoms with van der Waals surface area (Å²) >= 11 is 0. The third kappa shape index (κ3) is 2.03. The fraction of sp³-hybridized carbons (Fsp3) is 0.0909. The highest BCUT2D eigenvalue weighted by atomic mass is 16.5. The normalized spacial score (nSPS) is 10.2. The lowest BCUT2D eigenvalue weighted by atomic mass is 10.2. The van der Waals surface area contributed by atoms with Crippen molar-refractivity contribution in [2.75, 3.05) is 6.61 Å². The largest absolute Gasteiger partial charge is 0.476 e. The molecule has 0 unspecified atom stereocenters. The molecule has 5 heteroatoms. The maximum atomic E-state index is 11.4. The van der Waals surface area contributed by atoms with Gasteiger partial charge in [0.1, 0.15) is 5.58 Å². The van der Waals surface area contributed by atoms with Crippen LogP contribution in [0.3, 0.4) is 0 Å². The van der Waals surface area contributed by atoms with Crippen molar-refractivity contribution >= 4 is 16.9 Å². The van der Waals surface area contributed by atoms with Gasteiger partial charge in [-0.2, -0.15) is 0 Å². The van der Waals surface area contributed by atoms with Crippen LogP contribution in [-0.4, -0.2) is 12.5 Å². The van der Waals surface area contributed by atoms with Gasteiger partial charge in [-0.15, -0.1) is 0 Å². The van der Waals surface area contributed by atoms with Crippen LogP contribution in [0.1, 0.15) is 0 Å². The second-order valence-corrected chi connectivity index (χ2v) is 3.19. The van der Waals surface area contributed by atoms with Gasteiger partial charge in [0.05, 0.1) is 0 Å². The van der Waals surface area contributed by atoms with E-state index in [0.717, 1.165) is 5.39 Å². The lowest BCUT2D eigenvalue weighted by Gasteiger charge is -2.02. The first-order valence-corrected chi connectivity index (χ1v) is 4.61. The fourth-order valence-corrected chi connectivity index (χ4v) is 1.29. The van der Waals surface area contributed by atoms with Crippen molar-refractivity contribution in [1.82, 2.24) is 0 Å². The van der Waals surface area contributed by atoms with Gasteiger partial charge in [0.2, 0.25) is 5.75 Å². The first-order valence-electron chi connectivity index (χ1n) is 4.61. The zero-order chi connectivity index (χ0) is 11.5. The minimum Gasteiger partial charge on any atom is -0.476 e. The number of carbonyl (C=O) groups is 1. The first kappa shape index (κ1) is 10.2. The smallest absolute Gasteiger partial charge is 0.379 e. The number of benzene rings is 1. The van der Waals surface area contributed by atoms with E-state index in [2.05, 4.69) is 0 Å². The van der Waals surface area contributed by atoms with E-state index >= 15 is 0 Å². The van der Waals surface area contributed by atoms with Crippen molar-refractivity contribution in [3.8, 4) is 5.75 Å². The molecule has 0 bridgehead atoms. The maximum Gasteiger partial charge on any atom is 0.379 e. The number of fused-ring (bicyclic) bond motifs is 1. The molecule has 16 heavy (non-hydrogen) atoms. The van der Waals surface area contributed by atoms with E-state index in [9.17, 15) is 9.59 Å². The Labute approximate surface area is 90.4 Å². The van der Waals surface area contributed by atoms with Crippen LogP contribution < -0.4 is 16.1 Å². The molecule has 1 aromatic heterocycles. The van der Waals surface area contributed by atoms with Crippen LogP contribution in [0.4, 0.5) is 0 Å². The number of hydrogen-bond acceptors (Lipinski definition) is 4. The summed E-state index contributed by atoms with van der Waals surface area (Å²) in [4.78, 5) is 21.9. The molecule has 0 saturated heterocycles. The highest BCUT2D eigenvalue weighted by molar-refractivity contribution is 5.78. The molecule has 0 aliphatic carbocycles. The van der Waals surface area contributed by atoms with Crippen LogP contribution in [0.25, 0.3) is 11.0 Å². The topological polar surface area (TPSA) is 82.5 Å². The van der Waals surface area contributed by atoms with Crippen molar-refractivity contribution in [3.63, 3.8) is 0 Å². The summed E-state index contributed by atoms with van der Waals surface area (Å²) in [7, 11) is 0. The van der Waals surface area contributed by atoms with Crippen molar-refractivity contribution < 1.29 is 13.9 Å². The van der Waals surface area contributed by atoms with Gasteiger partial charge in [0.15, 0.2) is 6.61 Å². The molecule has 2 N–H and O–H groups in total. The molecule has 0 radical (unpaired) electrons. The third-order valence-electron chi connectivity index (χ3n) is 1.98. The summed E-state index contributed by atoms with van der Waals surface area (Å²) in [6.07, 6.45) is 0. The maximum absolute atomic E-state index is 11.4. The first-order chi connectivity index (χ1) is 7.66. The Morgan fingerprint density at radius 1 is 1.38 bits per heavy atom. The second-order valence-electron chi connectivity index (χ2n) is 3.19. The van der Waals surface area contributed by atoms with Crippen LogP contribution in [0.2, 0.25) is 0 Å². The molecule has 2 rings (SSSR count). The molecule has 1 heterocycles. The van der Waals surface area contributed by atoms with Gasteiger partial charge in [0.25, 0.3) is 5.91 Å². The number of carbonyl (C=O) groups excluding carboxylic acids is 1.